The summed E-state index contributed by atoms with van der Waals surface area (Å²) in [5.41, 5.74) is 0.815. The number of anilines is 1. The average Bonchev–Trinajstić information content (AvgIpc) is 3.04. The summed E-state index contributed by atoms with van der Waals surface area (Å²) in [6, 6.07) is 13.6. The quantitative estimate of drug-likeness (QED) is 0.708. The van der Waals surface area contributed by atoms with Gasteiger partial charge in [0.2, 0.25) is 15.9 Å². The fourth-order valence-corrected chi connectivity index (χ4v) is 6.76. The normalized spacial score (nSPS) is 19.7. The van der Waals surface area contributed by atoms with Crippen LogP contribution in [0.4, 0.5) is 5.69 Å². The number of amides is 1. The second kappa shape index (κ2) is 7.83. The first-order chi connectivity index (χ1) is 13.9. The van der Waals surface area contributed by atoms with Crippen molar-refractivity contribution >= 4 is 45.0 Å². The molecule has 2 aromatic carbocycles. The predicted octanol–water partition coefficient (Wildman–Crippen LogP) is 3.61. The Kier molecular flexibility index (Phi) is 5.54. The summed E-state index contributed by atoms with van der Waals surface area (Å²) in [6.07, 6.45) is 1.14. The number of sulfonamides is 1. The first kappa shape index (κ1) is 20.5. The van der Waals surface area contributed by atoms with E-state index in [1.165, 1.54) is 16.4 Å². The Labute approximate surface area is 179 Å². The maximum atomic E-state index is 13.0. The van der Waals surface area contributed by atoms with Gasteiger partial charge in [0.05, 0.1) is 22.6 Å². The molecule has 0 radical (unpaired) electrons. The van der Waals surface area contributed by atoms with Crippen molar-refractivity contribution in [1.29, 1.82) is 0 Å². The van der Waals surface area contributed by atoms with E-state index in [0.717, 1.165) is 11.4 Å². The van der Waals surface area contributed by atoms with E-state index in [1.807, 2.05) is 29.2 Å². The van der Waals surface area contributed by atoms with Crippen molar-refractivity contribution in [3.63, 3.8) is 0 Å². The van der Waals surface area contributed by atoms with Gasteiger partial charge in [-0.15, -0.1) is 11.8 Å². The molecule has 2 aliphatic rings. The maximum Gasteiger partial charge on any atom is 0.243 e. The summed E-state index contributed by atoms with van der Waals surface area (Å²) in [7, 11) is -1.98. The molecule has 2 saturated heterocycles. The second-order valence-corrected chi connectivity index (χ2v) is 10.7. The predicted molar refractivity (Wildman–Crippen MR) is 115 cm³/mol. The lowest BCUT2D eigenvalue weighted by atomic mass is 10.0. The molecule has 2 fully saturated rings. The lowest BCUT2D eigenvalue weighted by Gasteiger charge is -2.43. The molecular weight excluding hydrogens is 432 g/mol. The minimum Gasteiger partial charge on any atom is -0.497 e. The standard InChI is InChI=1S/C20H21ClN2O4S2/c1-27-17-6-4-16(5-7-17)23-19(24)14-28-20(23)10-12-22(13-11-20)29(25,26)18-8-2-15(21)3-9-18/h2-9H,10-14H2,1H3. The third kappa shape index (κ3) is 3.74. The number of halogens is 1. The van der Waals surface area contributed by atoms with Crippen LogP contribution < -0.4 is 9.64 Å². The van der Waals surface area contributed by atoms with Crippen LogP contribution in [-0.2, 0) is 14.8 Å². The van der Waals surface area contributed by atoms with Crippen LogP contribution >= 0.6 is 23.4 Å². The number of hydrogen-bond acceptors (Lipinski definition) is 5. The van der Waals surface area contributed by atoms with Gasteiger partial charge in [-0.1, -0.05) is 11.6 Å². The van der Waals surface area contributed by atoms with Gasteiger partial charge >= 0.3 is 0 Å². The molecule has 9 heteroatoms. The average molecular weight is 453 g/mol. The first-order valence-corrected chi connectivity index (χ1v) is 12.0. The number of thioether (sulfide) groups is 1. The third-order valence-electron chi connectivity index (χ3n) is 5.41. The molecule has 2 aliphatic heterocycles. The van der Waals surface area contributed by atoms with Crippen LogP contribution in [0.25, 0.3) is 0 Å². The van der Waals surface area contributed by atoms with E-state index in [9.17, 15) is 13.2 Å². The van der Waals surface area contributed by atoms with Crippen molar-refractivity contribution in [3.05, 3.63) is 53.6 Å². The third-order valence-corrected chi connectivity index (χ3v) is 9.09. The highest BCUT2D eigenvalue weighted by Gasteiger charge is 2.50. The van der Waals surface area contributed by atoms with E-state index in [1.54, 1.807) is 31.0 Å². The molecule has 1 amide bonds. The van der Waals surface area contributed by atoms with Crippen LogP contribution in [0.1, 0.15) is 12.8 Å². The Balaban J connectivity index is 1.55. The van der Waals surface area contributed by atoms with E-state index < -0.39 is 14.9 Å². The van der Waals surface area contributed by atoms with Crippen LogP contribution in [-0.4, -0.2) is 49.5 Å². The summed E-state index contributed by atoms with van der Waals surface area (Å²) in [5, 5.41) is 0.498. The van der Waals surface area contributed by atoms with E-state index in [-0.39, 0.29) is 10.8 Å². The van der Waals surface area contributed by atoms with E-state index >= 15 is 0 Å². The highest BCUT2D eigenvalue weighted by molar-refractivity contribution is 8.02. The molecule has 154 valence electrons. The number of methoxy groups -OCH3 is 1. The molecule has 2 heterocycles. The number of benzene rings is 2. The van der Waals surface area contributed by atoms with Crippen molar-refractivity contribution in [2.75, 3.05) is 30.9 Å². The van der Waals surface area contributed by atoms with Crippen molar-refractivity contribution in [1.82, 2.24) is 4.31 Å². The summed E-state index contributed by atoms with van der Waals surface area (Å²) < 4.78 is 32.6. The van der Waals surface area contributed by atoms with Gasteiger partial charge in [0.15, 0.2) is 0 Å². The Morgan fingerprint density at radius 2 is 1.66 bits per heavy atom. The van der Waals surface area contributed by atoms with Crippen molar-refractivity contribution < 1.29 is 17.9 Å². The molecule has 0 aliphatic carbocycles. The number of carbonyl (C=O) groups excluding carboxylic acids is 1. The summed E-state index contributed by atoms with van der Waals surface area (Å²) in [6.45, 7) is 0.718. The largest absolute Gasteiger partial charge is 0.497 e. The van der Waals surface area contributed by atoms with Crippen LogP contribution in [0.5, 0.6) is 5.75 Å². The molecule has 29 heavy (non-hydrogen) atoms. The molecule has 6 nitrogen and oxygen atoms in total. The Morgan fingerprint density at radius 1 is 1.03 bits per heavy atom. The number of hydrogen-bond donors (Lipinski definition) is 0. The second-order valence-electron chi connectivity index (χ2n) is 7.02. The lowest BCUT2D eigenvalue weighted by Crippen LogP contribution is -2.53. The summed E-state index contributed by atoms with van der Waals surface area (Å²) >= 11 is 7.48. The molecule has 0 N–H and O–H groups in total. The molecule has 1 spiro atoms. The molecule has 2 aromatic rings. The number of piperidine rings is 1. The summed E-state index contributed by atoms with van der Waals surface area (Å²) in [5.74, 6) is 1.18. The van der Waals surface area contributed by atoms with Gasteiger partial charge in [-0.25, -0.2) is 8.42 Å². The molecule has 0 bridgehead atoms. The number of rotatable bonds is 4. The summed E-state index contributed by atoms with van der Waals surface area (Å²) in [4.78, 5) is 14.3. The molecule has 0 unspecified atom stereocenters. The van der Waals surface area contributed by atoms with Gasteiger partial charge in [-0.2, -0.15) is 4.31 Å². The van der Waals surface area contributed by atoms with Gasteiger partial charge in [-0.05, 0) is 61.4 Å². The zero-order valence-corrected chi connectivity index (χ0v) is 18.3. The van der Waals surface area contributed by atoms with Gasteiger partial charge in [0.25, 0.3) is 0 Å². The monoisotopic (exact) mass is 452 g/mol. The van der Waals surface area contributed by atoms with E-state index in [2.05, 4.69) is 0 Å². The molecule has 0 aromatic heterocycles. The van der Waals surface area contributed by atoms with Crippen LogP contribution in [0.15, 0.2) is 53.4 Å². The molecule has 0 atom stereocenters. The van der Waals surface area contributed by atoms with Crippen molar-refractivity contribution in [2.45, 2.75) is 22.6 Å². The number of carbonyl (C=O) groups is 1. The van der Waals surface area contributed by atoms with Gasteiger partial charge < -0.3 is 4.74 Å². The maximum absolute atomic E-state index is 13.0. The fraction of sp³-hybridized carbons (Fsp3) is 0.350. The SMILES string of the molecule is COc1ccc(N2C(=O)CSC23CCN(S(=O)(=O)c2ccc(Cl)cc2)CC3)cc1. The minimum absolute atomic E-state index is 0.0502. The zero-order chi connectivity index (χ0) is 20.6. The Morgan fingerprint density at radius 3 is 2.24 bits per heavy atom. The van der Waals surface area contributed by atoms with E-state index in [0.29, 0.717) is 36.7 Å². The topological polar surface area (TPSA) is 66.9 Å². The Hall–Kier alpha value is -1.74. The highest BCUT2D eigenvalue weighted by atomic mass is 35.5. The first-order valence-electron chi connectivity index (χ1n) is 9.22. The van der Waals surface area contributed by atoms with Gasteiger partial charge in [-0.3, -0.25) is 9.69 Å². The molecule has 0 saturated carbocycles. The van der Waals surface area contributed by atoms with Gasteiger partial charge in [0, 0.05) is 23.8 Å². The van der Waals surface area contributed by atoms with Gasteiger partial charge in [0.1, 0.15) is 5.75 Å². The van der Waals surface area contributed by atoms with E-state index in [4.69, 9.17) is 16.3 Å². The van der Waals surface area contributed by atoms with Crippen molar-refractivity contribution in [3.8, 4) is 5.75 Å². The van der Waals surface area contributed by atoms with Crippen LogP contribution in [0, 0.1) is 0 Å². The molecule has 4 rings (SSSR count). The van der Waals surface area contributed by atoms with Crippen LogP contribution in [0.2, 0.25) is 5.02 Å². The van der Waals surface area contributed by atoms with Crippen molar-refractivity contribution in [2.24, 2.45) is 0 Å². The fourth-order valence-electron chi connectivity index (χ4n) is 3.86. The number of ether oxygens (including phenoxy) is 1. The highest BCUT2D eigenvalue weighted by Crippen LogP contribution is 2.47. The Bertz CT molecular complexity index is 1000. The number of nitrogens with zero attached hydrogens (tertiary/aromatic N) is 2. The van der Waals surface area contributed by atoms with Crippen LogP contribution in [0.3, 0.4) is 0 Å². The zero-order valence-electron chi connectivity index (χ0n) is 15.9. The molecular formula is C20H21ClN2O4S2. The lowest BCUT2D eigenvalue weighted by molar-refractivity contribution is -0.116. The minimum atomic E-state index is -3.58. The smallest absolute Gasteiger partial charge is 0.243 e.